The van der Waals surface area contributed by atoms with E-state index in [1.807, 2.05) is 0 Å². The number of alkyl halides is 1. The molecule has 0 radical (unpaired) electrons. The van der Waals surface area contributed by atoms with Crippen LogP contribution < -0.4 is 0 Å². The molecule has 180 valence electrons. The number of allylic oxidation sites excluding steroid dienone is 2. The van der Waals surface area contributed by atoms with Gasteiger partial charge in [-0.25, -0.2) is 0 Å². The highest BCUT2D eigenvalue weighted by Gasteiger charge is 2.45. The van der Waals surface area contributed by atoms with Gasteiger partial charge in [-0.3, -0.25) is 0 Å². The number of halogens is 1. The average molecular weight is 449 g/mol. The molecule has 5 atom stereocenters. The van der Waals surface area contributed by atoms with Gasteiger partial charge in [0.25, 0.3) is 0 Å². The summed E-state index contributed by atoms with van der Waals surface area (Å²) in [5.41, 5.74) is 1.23. The first kappa shape index (κ1) is 27.0. The van der Waals surface area contributed by atoms with E-state index in [2.05, 4.69) is 73.8 Å². The molecule has 0 spiro atoms. The average Bonchev–Trinajstić information content (AvgIpc) is 3.02. The van der Waals surface area contributed by atoms with Gasteiger partial charge >= 0.3 is 0 Å². The summed E-state index contributed by atoms with van der Waals surface area (Å²) in [5.74, 6) is 3.34. The zero-order valence-electron chi connectivity index (χ0n) is 22.0. The van der Waals surface area contributed by atoms with Gasteiger partial charge in [-0.1, -0.05) is 73.0 Å². The maximum absolute atomic E-state index is 6.88. The molecular formula is C30H53Cl. The molecule has 1 heteroatoms. The Bertz CT molecular complexity index is 575. The third kappa shape index (κ3) is 8.57. The molecule has 0 saturated heterocycles. The summed E-state index contributed by atoms with van der Waals surface area (Å²) < 4.78 is 0. The first-order valence-electron chi connectivity index (χ1n) is 13.1. The van der Waals surface area contributed by atoms with Gasteiger partial charge in [-0.2, -0.15) is 0 Å². The van der Waals surface area contributed by atoms with Gasteiger partial charge in [0.1, 0.15) is 0 Å². The molecule has 2 rings (SSSR count). The zero-order chi connectivity index (χ0) is 23.5. The van der Waals surface area contributed by atoms with Gasteiger partial charge in [0.15, 0.2) is 0 Å². The van der Waals surface area contributed by atoms with E-state index in [9.17, 15) is 0 Å². The normalized spacial score (nSPS) is 33.5. The van der Waals surface area contributed by atoms with E-state index in [1.54, 1.807) is 0 Å². The van der Waals surface area contributed by atoms with Gasteiger partial charge < -0.3 is 0 Å². The van der Waals surface area contributed by atoms with Crippen LogP contribution in [0, 0.1) is 39.9 Å². The standard InChI is InChI=1S/C30H53Cl/c1-10-15-30(16-11-2)21-24(26(22-30)18-28(6,7)8)14-12-13-23-19-29(9,31)20-25(23)17-27(3,4)5/h10-11,23-26H,1-2,12-22H2,3-9H3. The van der Waals surface area contributed by atoms with Gasteiger partial charge in [-0.05, 0) is 98.2 Å². The first-order valence-corrected chi connectivity index (χ1v) is 13.5. The number of hydrogen-bond acceptors (Lipinski definition) is 0. The highest BCUT2D eigenvalue weighted by atomic mass is 35.5. The molecule has 5 unspecified atom stereocenters. The van der Waals surface area contributed by atoms with Gasteiger partial charge in [0, 0.05) is 4.87 Å². The predicted molar refractivity (Wildman–Crippen MR) is 141 cm³/mol. The SMILES string of the molecule is C=CCC1(CC=C)CC(CCCC2CC(C)(Cl)CC2CC(C)(C)C)C(CC(C)(C)C)C1. The van der Waals surface area contributed by atoms with Crippen molar-refractivity contribution in [3.8, 4) is 0 Å². The van der Waals surface area contributed by atoms with Crippen LogP contribution in [0.4, 0.5) is 0 Å². The minimum absolute atomic E-state index is 0.0196. The molecule has 0 aromatic carbocycles. The van der Waals surface area contributed by atoms with E-state index in [0.29, 0.717) is 16.2 Å². The van der Waals surface area contributed by atoms with Crippen LogP contribution in [-0.4, -0.2) is 4.87 Å². The van der Waals surface area contributed by atoms with Crippen LogP contribution in [0.15, 0.2) is 25.3 Å². The fourth-order valence-corrected chi connectivity index (χ4v) is 7.83. The van der Waals surface area contributed by atoms with Crippen molar-refractivity contribution >= 4 is 11.6 Å². The fraction of sp³-hybridized carbons (Fsp3) is 0.867. The topological polar surface area (TPSA) is 0 Å². The molecule has 31 heavy (non-hydrogen) atoms. The summed E-state index contributed by atoms with van der Waals surface area (Å²) in [4.78, 5) is 0.0196. The second-order valence-corrected chi connectivity index (χ2v) is 15.1. The minimum atomic E-state index is 0.0196. The van der Waals surface area contributed by atoms with Crippen molar-refractivity contribution in [2.75, 3.05) is 0 Å². The van der Waals surface area contributed by atoms with E-state index >= 15 is 0 Å². The second-order valence-electron chi connectivity index (χ2n) is 14.2. The van der Waals surface area contributed by atoms with Crippen molar-refractivity contribution in [2.45, 2.75) is 124 Å². The molecule has 0 aromatic rings. The molecule has 0 bridgehead atoms. The van der Waals surface area contributed by atoms with E-state index in [0.717, 1.165) is 36.5 Å². The highest BCUT2D eigenvalue weighted by molar-refractivity contribution is 6.23. The molecule has 0 N–H and O–H groups in total. The summed E-state index contributed by atoms with van der Waals surface area (Å²) in [5, 5.41) is 0. The molecule has 0 nitrogen and oxygen atoms in total. The van der Waals surface area contributed by atoms with E-state index in [1.165, 1.54) is 57.8 Å². The molecule has 2 saturated carbocycles. The summed E-state index contributed by atoms with van der Waals surface area (Å²) in [6.07, 6.45) is 18.6. The maximum Gasteiger partial charge on any atom is 0.0424 e. The van der Waals surface area contributed by atoms with Gasteiger partial charge in [0.05, 0.1) is 0 Å². The van der Waals surface area contributed by atoms with Gasteiger partial charge in [0.2, 0.25) is 0 Å². The lowest BCUT2D eigenvalue weighted by Crippen LogP contribution is -2.18. The van der Waals surface area contributed by atoms with Gasteiger partial charge in [-0.15, -0.1) is 24.8 Å². The maximum atomic E-state index is 6.88. The third-order valence-corrected chi connectivity index (χ3v) is 8.46. The van der Waals surface area contributed by atoms with Crippen LogP contribution in [-0.2, 0) is 0 Å². The largest absolute Gasteiger partial charge is 0.120 e. The Kier molecular flexibility index (Phi) is 9.03. The molecule has 0 aromatic heterocycles. The summed E-state index contributed by atoms with van der Waals surface area (Å²) in [7, 11) is 0. The summed E-state index contributed by atoms with van der Waals surface area (Å²) in [6, 6.07) is 0. The Morgan fingerprint density at radius 1 is 0.742 bits per heavy atom. The molecular weight excluding hydrogens is 396 g/mol. The number of rotatable bonds is 10. The Balaban J connectivity index is 2.03. The van der Waals surface area contributed by atoms with Crippen molar-refractivity contribution in [1.82, 2.24) is 0 Å². The van der Waals surface area contributed by atoms with Crippen molar-refractivity contribution in [3.05, 3.63) is 25.3 Å². The van der Waals surface area contributed by atoms with Crippen LogP contribution in [0.2, 0.25) is 0 Å². The molecule has 2 aliphatic rings. The lowest BCUT2D eigenvalue weighted by Gasteiger charge is -2.29. The van der Waals surface area contributed by atoms with Crippen molar-refractivity contribution in [1.29, 1.82) is 0 Å². The lowest BCUT2D eigenvalue weighted by molar-refractivity contribution is 0.217. The molecule has 2 fully saturated rings. The van der Waals surface area contributed by atoms with Crippen LogP contribution >= 0.6 is 11.6 Å². The minimum Gasteiger partial charge on any atom is -0.120 e. The Morgan fingerprint density at radius 2 is 1.13 bits per heavy atom. The van der Waals surface area contributed by atoms with Crippen molar-refractivity contribution < 1.29 is 0 Å². The Hall–Kier alpha value is -0.230. The monoisotopic (exact) mass is 448 g/mol. The fourth-order valence-electron chi connectivity index (χ4n) is 7.44. The van der Waals surface area contributed by atoms with Crippen molar-refractivity contribution in [2.24, 2.45) is 39.9 Å². The molecule has 0 amide bonds. The molecule has 0 aliphatic heterocycles. The van der Waals surface area contributed by atoms with E-state index in [4.69, 9.17) is 11.6 Å². The summed E-state index contributed by atoms with van der Waals surface area (Å²) in [6.45, 7) is 24.9. The number of hydrogen-bond donors (Lipinski definition) is 0. The molecule has 0 heterocycles. The van der Waals surface area contributed by atoms with Crippen molar-refractivity contribution in [3.63, 3.8) is 0 Å². The quantitative estimate of drug-likeness (QED) is 0.230. The Labute approximate surface area is 200 Å². The molecule has 2 aliphatic carbocycles. The van der Waals surface area contributed by atoms with Crippen LogP contribution in [0.25, 0.3) is 0 Å². The highest BCUT2D eigenvalue weighted by Crippen LogP contribution is 2.55. The smallest absolute Gasteiger partial charge is 0.0424 e. The van der Waals surface area contributed by atoms with Crippen LogP contribution in [0.3, 0.4) is 0 Å². The predicted octanol–water partition coefficient (Wildman–Crippen LogP) is 10.2. The lowest BCUT2D eigenvalue weighted by atomic mass is 9.76. The van der Waals surface area contributed by atoms with E-state index in [-0.39, 0.29) is 4.87 Å². The second kappa shape index (κ2) is 10.4. The Morgan fingerprint density at radius 3 is 1.58 bits per heavy atom. The first-order chi connectivity index (χ1) is 14.2. The third-order valence-electron chi connectivity index (χ3n) is 8.15. The summed E-state index contributed by atoms with van der Waals surface area (Å²) >= 11 is 6.88. The zero-order valence-corrected chi connectivity index (χ0v) is 22.8. The van der Waals surface area contributed by atoms with Crippen LogP contribution in [0.5, 0.6) is 0 Å². The van der Waals surface area contributed by atoms with Crippen LogP contribution in [0.1, 0.15) is 119 Å². The van der Waals surface area contributed by atoms with E-state index < -0.39 is 0 Å².